The van der Waals surface area contributed by atoms with Crippen LogP contribution in [0.5, 0.6) is 17.2 Å². The lowest BCUT2D eigenvalue weighted by Crippen LogP contribution is -2.12. The number of halogens is 2. The van der Waals surface area contributed by atoms with Crippen molar-refractivity contribution >= 4 is 17.2 Å². The second-order valence-corrected chi connectivity index (χ2v) is 9.04. The van der Waals surface area contributed by atoms with Crippen LogP contribution in [0.3, 0.4) is 0 Å². The van der Waals surface area contributed by atoms with Crippen molar-refractivity contribution in [3.63, 3.8) is 0 Å². The van der Waals surface area contributed by atoms with Gasteiger partial charge in [-0.25, -0.2) is 14.2 Å². The summed E-state index contributed by atoms with van der Waals surface area (Å²) in [7, 11) is 1.64. The number of carbonyl (C=O) groups is 1. The Labute approximate surface area is 236 Å². The molecule has 0 aliphatic carbocycles. The topological polar surface area (TPSA) is 139 Å². The zero-order valence-electron chi connectivity index (χ0n) is 22.1. The molecule has 0 saturated heterocycles. The second kappa shape index (κ2) is 11.1. The monoisotopic (exact) mass is 571 g/mol. The fourth-order valence-electron chi connectivity index (χ4n) is 4.44. The summed E-state index contributed by atoms with van der Waals surface area (Å²) in [5, 5.41) is 15.7. The molecule has 42 heavy (non-hydrogen) atoms. The number of alkyl halides is 2. The molecule has 1 amide bonds. The van der Waals surface area contributed by atoms with Crippen LogP contribution >= 0.6 is 0 Å². The maximum atomic E-state index is 13.4. The molecule has 0 fully saturated rings. The van der Waals surface area contributed by atoms with Crippen molar-refractivity contribution in [2.75, 3.05) is 5.32 Å². The number of rotatable bonds is 9. The predicted octanol–water partition coefficient (Wildman–Crippen LogP) is 4.42. The maximum Gasteiger partial charge on any atom is 0.387 e. The van der Waals surface area contributed by atoms with Crippen molar-refractivity contribution in [3.05, 3.63) is 96.8 Å². The summed E-state index contributed by atoms with van der Waals surface area (Å²) in [6.45, 7) is -2.79. The minimum atomic E-state index is -3.09. The number of nitrogens with one attached hydrogen (secondary N) is 1. The van der Waals surface area contributed by atoms with Gasteiger partial charge in [-0.2, -0.15) is 24.1 Å². The molecule has 6 rings (SSSR count). The highest BCUT2D eigenvalue weighted by Crippen LogP contribution is 2.39. The van der Waals surface area contributed by atoms with E-state index in [9.17, 15) is 13.6 Å². The fraction of sp³-hybridized carbons (Fsp3) is 0.107. The smallest absolute Gasteiger partial charge is 0.387 e. The first-order chi connectivity index (χ1) is 20.4. The molecule has 14 heteroatoms. The standard InChI is InChI=1S/C28H23F2N9O3/c1-37-16-23(35-27(40)22-15-34-38-11-3-9-32-26(22)38)25(36-37)21-13-20(6-7-24(21)42-28(29)30)41-19-5-2-4-17(12-19)39-18(14-31)8-10-33-39/h2-13,15-16,28H,14,31H2,1H3,(H,35,40). The number of hydrogen-bond donors (Lipinski definition) is 2. The third kappa shape index (κ3) is 5.25. The van der Waals surface area contributed by atoms with Crippen LogP contribution in [0.4, 0.5) is 14.5 Å². The highest BCUT2D eigenvalue weighted by Gasteiger charge is 2.22. The molecule has 12 nitrogen and oxygen atoms in total. The van der Waals surface area contributed by atoms with Crippen molar-refractivity contribution in [1.29, 1.82) is 0 Å². The van der Waals surface area contributed by atoms with Crippen molar-refractivity contribution in [2.24, 2.45) is 12.8 Å². The molecule has 212 valence electrons. The molecule has 0 radical (unpaired) electrons. The van der Waals surface area contributed by atoms with E-state index in [2.05, 4.69) is 25.6 Å². The van der Waals surface area contributed by atoms with Crippen molar-refractivity contribution in [2.45, 2.75) is 13.2 Å². The SMILES string of the molecule is Cn1cc(NC(=O)c2cnn3cccnc23)c(-c2cc(Oc3cccc(-n4nccc4CN)c3)ccc2OC(F)F)n1. The molecular formula is C28H23F2N9O3. The van der Waals surface area contributed by atoms with Gasteiger partial charge >= 0.3 is 6.61 Å². The third-order valence-corrected chi connectivity index (χ3v) is 6.25. The van der Waals surface area contributed by atoms with E-state index in [0.717, 1.165) is 11.4 Å². The molecule has 0 aliphatic rings. The van der Waals surface area contributed by atoms with Gasteiger partial charge in [0.25, 0.3) is 5.91 Å². The number of carbonyl (C=O) groups excluding carboxylic acids is 1. The van der Waals surface area contributed by atoms with E-state index in [1.807, 2.05) is 12.1 Å². The van der Waals surface area contributed by atoms with Gasteiger partial charge in [0.05, 0.1) is 28.8 Å². The summed E-state index contributed by atoms with van der Waals surface area (Å²) in [6, 6.07) is 15.0. The van der Waals surface area contributed by atoms with Gasteiger partial charge < -0.3 is 20.5 Å². The van der Waals surface area contributed by atoms with E-state index in [0.29, 0.717) is 23.7 Å². The van der Waals surface area contributed by atoms with Crippen LogP contribution in [0.25, 0.3) is 22.6 Å². The van der Waals surface area contributed by atoms with Crippen LogP contribution < -0.4 is 20.5 Å². The van der Waals surface area contributed by atoms with Crippen molar-refractivity contribution in [3.8, 4) is 34.2 Å². The number of aryl methyl sites for hydroxylation is 1. The number of nitrogens with zero attached hydrogens (tertiary/aromatic N) is 7. The molecule has 4 heterocycles. The zero-order chi connectivity index (χ0) is 29.2. The van der Waals surface area contributed by atoms with E-state index in [4.69, 9.17) is 15.2 Å². The molecule has 4 aromatic heterocycles. The van der Waals surface area contributed by atoms with Crippen LogP contribution in [-0.2, 0) is 13.6 Å². The molecular weight excluding hydrogens is 548 g/mol. The Hall–Kier alpha value is -5.63. The molecule has 2 aromatic carbocycles. The van der Waals surface area contributed by atoms with Gasteiger partial charge in [0.1, 0.15) is 28.5 Å². The highest BCUT2D eigenvalue weighted by atomic mass is 19.3. The van der Waals surface area contributed by atoms with Crippen LogP contribution in [-0.4, -0.2) is 46.7 Å². The Morgan fingerprint density at radius 1 is 1.07 bits per heavy atom. The van der Waals surface area contributed by atoms with Crippen LogP contribution in [0.2, 0.25) is 0 Å². The lowest BCUT2D eigenvalue weighted by atomic mass is 10.1. The number of amides is 1. The first-order valence-corrected chi connectivity index (χ1v) is 12.6. The van der Waals surface area contributed by atoms with Gasteiger partial charge in [0.2, 0.25) is 0 Å². The Kier molecular flexibility index (Phi) is 7.02. The lowest BCUT2D eigenvalue weighted by molar-refractivity contribution is -0.0494. The van der Waals surface area contributed by atoms with Gasteiger partial charge in [0.15, 0.2) is 5.65 Å². The second-order valence-electron chi connectivity index (χ2n) is 9.04. The number of ether oxygens (including phenoxy) is 2. The van der Waals surface area contributed by atoms with E-state index in [1.54, 1.807) is 60.8 Å². The van der Waals surface area contributed by atoms with Gasteiger partial charge in [0, 0.05) is 44.4 Å². The molecule has 3 N–H and O–H groups in total. The van der Waals surface area contributed by atoms with E-state index < -0.39 is 12.5 Å². The Bertz CT molecular complexity index is 1900. The lowest BCUT2D eigenvalue weighted by Gasteiger charge is -2.14. The summed E-state index contributed by atoms with van der Waals surface area (Å²) < 4.78 is 42.2. The third-order valence-electron chi connectivity index (χ3n) is 6.25. The number of benzene rings is 2. The van der Waals surface area contributed by atoms with Gasteiger partial charge in [-0.1, -0.05) is 6.07 Å². The Morgan fingerprint density at radius 3 is 2.76 bits per heavy atom. The van der Waals surface area contributed by atoms with E-state index in [-0.39, 0.29) is 28.3 Å². The quantitative estimate of drug-likeness (QED) is 0.260. The Balaban J connectivity index is 1.34. The van der Waals surface area contributed by atoms with E-state index >= 15 is 0 Å². The van der Waals surface area contributed by atoms with Gasteiger partial charge in [-0.15, -0.1) is 0 Å². The van der Waals surface area contributed by atoms with Crippen LogP contribution in [0.15, 0.2) is 85.6 Å². The van der Waals surface area contributed by atoms with Gasteiger partial charge in [-0.05, 0) is 42.5 Å². The fourth-order valence-corrected chi connectivity index (χ4v) is 4.44. The molecule has 0 aliphatic heterocycles. The minimum Gasteiger partial charge on any atom is -0.457 e. The molecule has 0 spiro atoms. The largest absolute Gasteiger partial charge is 0.457 e. The molecule has 0 saturated carbocycles. The number of hydrogen-bond acceptors (Lipinski definition) is 8. The predicted molar refractivity (Wildman–Crippen MR) is 148 cm³/mol. The van der Waals surface area contributed by atoms with E-state index in [1.165, 1.54) is 33.6 Å². The molecule has 0 unspecified atom stereocenters. The number of aromatic nitrogens is 7. The van der Waals surface area contributed by atoms with Crippen molar-refractivity contribution < 1.29 is 23.0 Å². The molecule has 0 bridgehead atoms. The zero-order valence-corrected chi connectivity index (χ0v) is 22.1. The number of nitrogens with two attached hydrogens (primary N) is 1. The maximum absolute atomic E-state index is 13.4. The highest BCUT2D eigenvalue weighted by molar-refractivity contribution is 6.09. The normalized spacial score (nSPS) is 11.3. The summed E-state index contributed by atoms with van der Waals surface area (Å²) in [6.07, 6.45) is 7.80. The first kappa shape index (κ1) is 26.6. The summed E-state index contributed by atoms with van der Waals surface area (Å²) in [4.78, 5) is 17.4. The summed E-state index contributed by atoms with van der Waals surface area (Å²) >= 11 is 0. The number of fused-ring (bicyclic) bond motifs is 1. The summed E-state index contributed by atoms with van der Waals surface area (Å²) in [5.41, 5.74) is 8.55. The van der Waals surface area contributed by atoms with Gasteiger partial charge in [-0.3, -0.25) is 9.48 Å². The Morgan fingerprint density at radius 2 is 1.93 bits per heavy atom. The van der Waals surface area contributed by atoms with Crippen molar-refractivity contribution in [1.82, 2.24) is 34.2 Å². The average molecular weight is 572 g/mol. The average Bonchev–Trinajstić information content (AvgIpc) is 3.72. The molecule has 0 atom stereocenters. The number of anilines is 1. The first-order valence-electron chi connectivity index (χ1n) is 12.6. The summed E-state index contributed by atoms with van der Waals surface area (Å²) in [5.74, 6) is 0.128. The van der Waals surface area contributed by atoms with Crippen LogP contribution in [0.1, 0.15) is 16.1 Å². The minimum absolute atomic E-state index is 0.151. The van der Waals surface area contributed by atoms with Crippen LogP contribution in [0, 0.1) is 0 Å². The molecule has 6 aromatic rings.